The molecule has 1 atom stereocenters. The summed E-state index contributed by atoms with van der Waals surface area (Å²) >= 11 is 0. The van der Waals surface area contributed by atoms with Gasteiger partial charge in [0.25, 0.3) is 0 Å². The number of nitrogens with zero attached hydrogens (tertiary/aromatic N) is 3. The van der Waals surface area contributed by atoms with Crippen LogP contribution in [0.5, 0.6) is 0 Å². The van der Waals surface area contributed by atoms with Crippen molar-refractivity contribution in [3.63, 3.8) is 0 Å². The molecule has 32 heavy (non-hydrogen) atoms. The molecular formula is C23H28N4O4S. The largest absolute Gasteiger partial charge is 0.468 e. The van der Waals surface area contributed by atoms with Crippen molar-refractivity contribution in [1.29, 1.82) is 0 Å². The molecule has 0 spiro atoms. The number of hydrogen-bond donors (Lipinski definition) is 1. The summed E-state index contributed by atoms with van der Waals surface area (Å²) in [7, 11) is -2.32. The maximum absolute atomic E-state index is 13.2. The van der Waals surface area contributed by atoms with E-state index >= 15 is 0 Å². The second-order valence-corrected chi connectivity index (χ2v) is 10.3. The Balaban J connectivity index is 1.55. The number of aryl methyl sites for hydroxylation is 3. The normalized spacial score (nSPS) is 14.5. The average Bonchev–Trinajstić information content (AvgIpc) is 3.47. The van der Waals surface area contributed by atoms with Crippen LogP contribution in [0, 0.1) is 13.8 Å². The van der Waals surface area contributed by atoms with Crippen LogP contribution in [0.4, 0.5) is 5.69 Å². The molecule has 0 radical (unpaired) electrons. The summed E-state index contributed by atoms with van der Waals surface area (Å²) in [6, 6.07) is 8.75. The number of amides is 1. The van der Waals surface area contributed by atoms with Gasteiger partial charge in [0, 0.05) is 12.7 Å². The van der Waals surface area contributed by atoms with E-state index < -0.39 is 16.1 Å². The SMILES string of the molecule is Cc1nn([C@@H](C)C(=O)Nc2ccc3c(c2)CCC3)c(C)c1S(=O)(=O)N(C)Cc1ccco1. The summed E-state index contributed by atoms with van der Waals surface area (Å²) in [6.07, 6.45) is 4.75. The number of nitrogens with one attached hydrogen (secondary N) is 1. The standard InChI is InChI=1S/C23H28N4O4S/c1-15-22(32(29,30)26(4)14-21-9-6-12-31-21)16(2)27(25-15)17(3)23(28)24-20-11-10-18-7-5-8-19(18)13-20/h6,9-13,17H,5,7-8,14H2,1-4H3,(H,24,28)/t17-/m0/s1. The van der Waals surface area contributed by atoms with Crippen LogP contribution in [0.15, 0.2) is 45.9 Å². The fourth-order valence-corrected chi connectivity index (χ4v) is 5.76. The number of rotatable bonds is 7. The molecule has 8 nitrogen and oxygen atoms in total. The van der Waals surface area contributed by atoms with E-state index in [1.54, 1.807) is 32.9 Å². The van der Waals surface area contributed by atoms with E-state index in [0.29, 0.717) is 17.1 Å². The van der Waals surface area contributed by atoms with Crippen molar-refractivity contribution >= 4 is 21.6 Å². The Labute approximate surface area is 188 Å². The topological polar surface area (TPSA) is 97.4 Å². The highest BCUT2D eigenvalue weighted by Gasteiger charge is 2.31. The summed E-state index contributed by atoms with van der Waals surface area (Å²) in [4.78, 5) is 13.1. The van der Waals surface area contributed by atoms with Gasteiger partial charge in [-0.05, 0) is 75.4 Å². The van der Waals surface area contributed by atoms with Crippen molar-refractivity contribution in [3.05, 3.63) is 64.9 Å². The third kappa shape index (κ3) is 4.10. The van der Waals surface area contributed by atoms with Crippen molar-refractivity contribution < 1.29 is 17.6 Å². The molecule has 4 rings (SSSR count). The molecule has 1 aliphatic rings. The summed E-state index contributed by atoms with van der Waals surface area (Å²) in [5.41, 5.74) is 4.13. The minimum atomic E-state index is -3.82. The zero-order valence-electron chi connectivity index (χ0n) is 18.8. The molecule has 0 fully saturated rings. The second kappa shape index (κ2) is 8.55. The van der Waals surface area contributed by atoms with Gasteiger partial charge in [0.15, 0.2) is 0 Å². The van der Waals surface area contributed by atoms with E-state index in [0.717, 1.165) is 24.9 Å². The van der Waals surface area contributed by atoms with E-state index in [-0.39, 0.29) is 17.3 Å². The third-order valence-corrected chi connectivity index (χ3v) is 8.05. The molecule has 1 aliphatic carbocycles. The molecule has 170 valence electrons. The highest BCUT2D eigenvalue weighted by Crippen LogP contribution is 2.28. The first-order valence-corrected chi connectivity index (χ1v) is 12.1. The number of anilines is 1. The van der Waals surface area contributed by atoms with Gasteiger partial charge in [0.1, 0.15) is 16.7 Å². The number of aromatic nitrogens is 2. The Kier molecular flexibility index (Phi) is 5.96. The van der Waals surface area contributed by atoms with Crippen molar-refractivity contribution in [2.45, 2.75) is 57.5 Å². The van der Waals surface area contributed by atoms with Crippen LogP contribution in [-0.4, -0.2) is 35.5 Å². The van der Waals surface area contributed by atoms with Gasteiger partial charge in [-0.2, -0.15) is 9.40 Å². The van der Waals surface area contributed by atoms with Crippen LogP contribution in [0.3, 0.4) is 0 Å². The molecule has 1 N–H and O–H groups in total. The van der Waals surface area contributed by atoms with Gasteiger partial charge in [0.2, 0.25) is 15.9 Å². The molecule has 0 aliphatic heterocycles. The van der Waals surface area contributed by atoms with Crippen LogP contribution >= 0.6 is 0 Å². The van der Waals surface area contributed by atoms with E-state index in [1.807, 2.05) is 12.1 Å². The predicted octanol–water partition coefficient (Wildman–Crippen LogP) is 3.60. The summed E-state index contributed by atoms with van der Waals surface area (Å²) in [6.45, 7) is 5.13. The van der Waals surface area contributed by atoms with Gasteiger partial charge in [-0.1, -0.05) is 6.07 Å². The van der Waals surface area contributed by atoms with Gasteiger partial charge in [-0.25, -0.2) is 8.42 Å². The van der Waals surface area contributed by atoms with Crippen LogP contribution in [0.25, 0.3) is 0 Å². The lowest BCUT2D eigenvalue weighted by Gasteiger charge is -2.17. The molecule has 0 saturated heterocycles. The van der Waals surface area contributed by atoms with Gasteiger partial charge < -0.3 is 9.73 Å². The Hall–Kier alpha value is -2.91. The molecule has 3 aromatic rings. The highest BCUT2D eigenvalue weighted by molar-refractivity contribution is 7.89. The Morgan fingerprint density at radius 2 is 2.00 bits per heavy atom. The Morgan fingerprint density at radius 3 is 2.72 bits per heavy atom. The molecule has 0 unspecified atom stereocenters. The highest BCUT2D eigenvalue weighted by atomic mass is 32.2. The third-order valence-electron chi connectivity index (χ3n) is 6.00. The van der Waals surface area contributed by atoms with E-state index in [4.69, 9.17) is 4.42 Å². The number of benzene rings is 1. The van der Waals surface area contributed by atoms with Crippen LogP contribution < -0.4 is 5.32 Å². The van der Waals surface area contributed by atoms with Gasteiger partial charge in [0.05, 0.1) is 24.2 Å². The number of hydrogen-bond acceptors (Lipinski definition) is 5. The monoisotopic (exact) mass is 456 g/mol. The second-order valence-electron chi connectivity index (χ2n) is 8.29. The molecule has 9 heteroatoms. The molecule has 1 amide bonds. The Morgan fingerprint density at radius 1 is 1.25 bits per heavy atom. The molecule has 0 bridgehead atoms. The number of carbonyl (C=O) groups excluding carboxylic acids is 1. The molecule has 2 heterocycles. The first kappa shape index (κ1) is 22.3. The number of furan rings is 1. The van der Waals surface area contributed by atoms with Crippen molar-refractivity contribution in [3.8, 4) is 0 Å². The Bertz CT molecular complexity index is 1250. The maximum atomic E-state index is 13.2. The lowest BCUT2D eigenvalue weighted by Crippen LogP contribution is -2.28. The van der Waals surface area contributed by atoms with Crippen LogP contribution in [-0.2, 0) is 34.2 Å². The number of sulfonamides is 1. The molecule has 1 aromatic carbocycles. The zero-order chi connectivity index (χ0) is 23.0. The fraction of sp³-hybridized carbons (Fsp3) is 0.391. The van der Waals surface area contributed by atoms with Crippen molar-refractivity contribution in [2.75, 3.05) is 12.4 Å². The van der Waals surface area contributed by atoms with Crippen LogP contribution in [0.2, 0.25) is 0 Å². The summed E-state index contributed by atoms with van der Waals surface area (Å²) in [5, 5.41) is 7.35. The van der Waals surface area contributed by atoms with Crippen molar-refractivity contribution in [1.82, 2.24) is 14.1 Å². The van der Waals surface area contributed by atoms with Gasteiger partial charge >= 0.3 is 0 Å². The lowest BCUT2D eigenvalue weighted by molar-refractivity contribution is -0.119. The number of fused-ring (bicyclic) bond motifs is 1. The average molecular weight is 457 g/mol. The maximum Gasteiger partial charge on any atom is 0.248 e. The zero-order valence-corrected chi connectivity index (χ0v) is 19.6. The quantitative estimate of drug-likeness (QED) is 0.586. The van der Waals surface area contributed by atoms with Gasteiger partial charge in [-0.15, -0.1) is 0 Å². The summed E-state index contributed by atoms with van der Waals surface area (Å²) in [5.74, 6) is 0.294. The number of carbonyl (C=O) groups is 1. The molecule has 2 aromatic heterocycles. The summed E-state index contributed by atoms with van der Waals surface area (Å²) < 4.78 is 34.4. The van der Waals surface area contributed by atoms with Crippen LogP contribution in [0.1, 0.15) is 47.7 Å². The van der Waals surface area contributed by atoms with Crippen molar-refractivity contribution in [2.24, 2.45) is 0 Å². The minimum Gasteiger partial charge on any atom is -0.468 e. The van der Waals surface area contributed by atoms with E-state index in [2.05, 4.69) is 16.5 Å². The smallest absolute Gasteiger partial charge is 0.248 e. The van der Waals surface area contributed by atoms with Gasteiger partial charge in [-0.3, -0.25) is 9.48 Å². The first-order chi connectivity index (χ1) is 15.2. The fourth-order valence-electron chi connectivity index (χ4n) is 4.27. The predicted molar refractivity (Wildman–Crippen MR) is 121 cm³/mol. The lowest BCUT2D eigenvalue weighted by atomic mass is 10.1. The first-order valence-electron chi connectivity index (χ1n) is 10.7. The molecule has 0 saturated carbocycles. The molecular weight excluding hydrogens is 428 g/mol. The van der Waals surface area contributed by atoms with E-state index in [1.165, 1.54) is 33.4 Å². The minimum absolute atomic E-state index is 0.105. The van der Waals surface area contributed by atoms with E-state index in [9.17, 15) is 13.2 Å².